The Morgan fingerprint density at radius 1 is 1.00 bits per heavy atom. The first-order chi connectivity index (χ1) is 11.5. The number of anilines is 3. The molecule has 0 aliphatic heterocycles. The molecule has 2 aromatic rings. The quantitative estimate of drug-likeness (QED) is 0.774. The first-order valence-corrected chi connectivity index (χ1v) is 9.46. The predicted molar refractivity (Wildman–Crippen MR) is 93.2 cm³/mol. The van der Waals surface area contributed by atoms with Gasteiger partial charge >= 0.3 is 0 Å². The summed E-state index contributed by atoms with van der Waals surface area (Å²) in [5, 5.41) is 3.22. The number of nitrogens with zero attached hydrogens (tertiary/aromatic N) is 2. The minimum atomic E-state index is -3.84. The molecule has 1 saturated carbocycles. The zero-order valence-corrected chi connectivity index (χ0v) is 14.1. The largest absolute Gasteiger partial charge is 0.382 e. The standard InChI is InChI=1S/C16H21N5O2S/c17-14-13(24(22,23)12-9-5-2-6-10-12)15(21-16(18)20-14)19-11-7-3-1-4-8-11/h2,5-6,9-11H,1,3-4,7-8H2,(H5,17,18,19,20,21). The Kier molecular flexibility index (Phi) is 4.57. The van der Waals surface area contributed by atoms with Crippen LogP contribution in [-0.2, 0) is 9.84 Å². The number of nitrogens with two attached hydrogens (primary N) is 2. The summed E-state index contributed by atoms with van der Waals surface area (Å²) in [5.74, 6) is 0.0123. The molecule has 0 amide bonds. The lowest BCUT2D eigenvalue weighted by Crippen LogP contribution is -2.25. The van der Waals surface area contributed by atoms with Crippen LogP contribution in [0.15, 0.2) is 40.1 Å². The number of aromatic nitrogens is 2. The third kappa shape index (κ3) is 3.28. The van der Waals surface area contributed by atoms with E-state index < -0.39 is 9.84 Å². The van der Waals surface area contributed by atoms with Crippen LogP contribution in [-0.4, -0.2) is 24.4 Å². The fourth-order valence-corrected chi connectivity index (χ4v) is 4.44. The number of benzene rings is 1. The van der Waals surface area contributed by atoms with Crippen LogP contribution >= 0.6 is 0 Å². The molecule has 1 fully saturated rings. The molecule has 1 aliphatic carbocycles. The Hall–Kier alpha value is -2.35. The number of rotatable bonds is 4. The first kappa shape index (κ1) is 16.5. The van der Waals surface area contributed by atoms with Gasteiger partial charge in [-0.05, 0) is 25.0 Å². The van der Waals surface area contributed by atoms with Crippen molar-refractivity contribution >= 4 is 27.4 Å². The van der Waals surface area contributed by atoms with Crippen LogP contribution in [0.3, 0.4) is 0 Å². The minimum Gasteiger partial charge on any atom is -0.382 e. The molecule has 1 aliphatic rings. The lowest BCUT2D eigenvalue weighted by molar-refractivity contribution is 0.461. The van der Waals surface area contributed by atoms with E-state index in [1.165, 1.54) is 18.6 Å². The molecule has 1 heterocycles. The fraction of sp³-hybridized carbons (Fsp3) is 0.375. The highest BCUT2D eigenvalue weighted by Crippen LogP contribution is 2.32. The van der Waals surface area contributed by atoms with Crippen molar-refractivity contribution in [3.63, 3.8) is 0 Å². The van der Waals surface area contributed by atoms with Crippen molar-refractivity contribution in [2.24, 2.45) is 0 Å². The monoisotopic (exact) mass is 347 g/mol. The molecule has 7 nitrogen and oxygen atoms in total. The smallest absolute Gasteiger partial charge is 0.224 e. The molecule has 24 heavy (non-hydrogen) atoms. The van der Waals surface area contributed by atoms with E-state index in [4.69, 9.17) is 11.5 Å². The highest BCUT2D eigenvalue weighted by molar-refractivity contribution is 7.91. The minimum absolute atomic E-state index is 0.0437. The summed E-state index contributed by atoms with van der Waals surface area (Å²) in [4.78, 5) is 8.01. The maximum atomic E-state index is 13.0. The summed E-state index contributed by atoms with van der Waals surface area (Å²) in [6, 6.07) is 8.29. The maximum absolute atomic E-state index is 13.0. The van der Waals surface area contributed by atoms with Crippen LogP contribution in [0.1, 0.15) is 32.1 Å². The van der Waals surface area contributed by atoms with Gasteiger partial charge in [0.05, 0.1) is 4.90 Å². The van der Waals surface area contributed by atoms with Crippen LogP contribution in [0.5, 0.6) is 0 Å². The van der Waals surface area contributed by atoms with E-state index in [0.717, 1.165) is 25.7 Å². The normalized spacial score (nSPS) is 16.0. The molecule has 0 atom stereocenters. The van der Waals surface area contributed by atoms with Crippen molar-refractivity contribution < 1.29 is 8.42 Å². The first-order valence-electron chi connectivity index (χ1n) is 7.98. The second kappa shape index (κ2) is 6.64. The predicted octanol–water partition coefficient (Wildman–Crippen LogP) is 2.22. The Balaban J connectivity index is 2.06. The molecule has 8 heteroatoms. The number of nitrogens with one attached hydrogen (secondary N) is 1. The maximum Gasteiger partial charge on any atom is 0.224 e. The highest BCUT2D eigenvalue weighted by Gasteiger charge is 2.28. The number of hydrogen-bond donors (Lipinski definition) is 3. The molecule has 0 spiro atoms. The number of hydrogen-bond acceptors (Lipinski definition) is 7. The highest BCUT2D eigenvalue weighted by atomic mass is 32.2. The van der Waals surface area contributed by atoms with Crippen molar-refractivity contribution in [3.8, 4) is 0 Å². The van der Waals surface area contributed by atoms with Crippen LogP contribution in [0.2, 0.25) is 0 Å². The molecule has 0 saturated heterocycles. The van der Waals surface area contributed by atoms with Gasteiger partial charge in [0, 0.05) is 6.04 Å². The van der Waals surface area contributed by atoms with Gasteiger partial charge in [0.15, 0.2) is 16.5 Å². The number of sulfone groups is 1. The van der Waals surface area contributed by atoms with E-state index >= 15 is 0 Å². The molecular formula is C16H21N5O2S. The second-order valence-electron chi connectivity index (χ2n) is 5.94. The van der Waals surface area contributed by atoms with Crippen LogP contribution in [0, 0.1) is 0 Å². The van der Waals surface area contributed by atoms with Crippen molar-refractivity contribution in [2.45, 2.75) is 47.9 Å². The molecule has 3 rings (SSSR count). The van der Waals surface area contributed by atoms with Gasteiger partial charge in [0.2, 0.25) is 15.8 Å². The van der Waals surface area contributed by atoms with Crippen molar-refractivity contribution in [1.82, 2.24) is 9.97 Å². The molecule has 128 valence electrons. The Morgan fingerprint density at radius 3 is 2.33 bits per heavy atom. The summed E-state index contributed by atoms with van der Waals surface area (Å²) in [7, 11) is -3.84. The summed E-state index contributed by atoms with van der Waals surface area (Å²) >= 11 is 0. The average molecular weight is 347 g/mol. The van der Waals surface area contributed by atoms with Gasteiger partial charge in [-0.1, -0.05) is 37.5 Å². The van der Waals surface area contributed by atoms with Gasteiger partial charge in [-0.3, -0.25) is 0 Å². The zero-order chi connectivity index (χ0) is 17.2. The van der Waals surface area contributed by atoms with Gasteiger partial charge in [0.25, 0.3) is 0 Å². The van der Waals surface area contributed by atoms with Crippen molar-refractivity contribution in [1.29, 1.82) is 0 Å². The summed E-state index contributed by atoms with van der Waals surface area (Å²) < 4.78 is 26.0. The molecule has 0 bridgehead atoms. The average Bonchev–Trinajstić information content (AvgIpc) is 2.55. The lowest BCUT2D eigenvalue weighted by atomic mass is 9.95. The Labute approximate surface area is 141 Å². The third-order valence-corrected chi connectivity index (χ3v) is 6.01. The van der Waals surface area contributed by atoms with Crippen molar-refractivity contribution in [3.05, 3.63) is 30.3 Å². The topological polar surface area (TPSA) is 124 Å². The summed E-state index contributed by atoms with van der Waals surface area (Å²) in [5.41, 5.74) is 11.6. The fourth-order valence-electron chi connectivity index (χ4n) is 3.01. The van der Waals surface area contributed by atoms with Crippen LogP contribution < -0.4 is 16.8 Å². The zero-order valence-electron chi connectivity index (χ0n) is 13.3. The van der Waals surface area contributed by atoms with E-state index in [2.05, 4.69) is 15.3 Å². The van der Waals surface area contributed by atoms with Crippen LogP contribution in [0.4, 0.5) is 17.6 Å². The van der Waals surface area contributed by atoms with Crippen molar-refractivity contribution in [2.75, 3.05) is 16.8 Å². The van der Waals surface area contributed by atoms with Gasteiger partial charge in [-0.2, -0.15) is 9.97 Å². The van der Waals surface area contributed by atoms with E-state index in [-0.39, 0.29) is 33.4 Å². The van der Waals surface area contributed by atoms with E-state index in [0.29, 0.717) is 0 Å². The SMILES string of the molecule is Nc1nc(N)c(S(=O)(=O)c2ccccc2)c(NC2CCCCC2)n1. The molecule has 1 aromatic carbocycles. The van der Waals surface area contributed by atoms with E-state index in [1.54, 1.807) is 18.2 Å². The van der Waals surface area contributed by atoms with Gasteiger partial charge < -0.3 is 16.8 Å². The Morgan fingerprint density at radius 2 is 1.67 bits per heavy atom. The second-order valence-corrected chi connectivity index (χ2v) is 7.83. The van der Waals surface area contributed by atoms with E-state index in [1.807, 2.05) is 0 Å². The van der Waals surface area contributed by atoms with E-state index in [9.17, 15) is 8.42 Å². The molecule has 1 aromatic heterocycles. The molecule has 0 unspecified atom stereocenters. The summed E-state index contributed by atoms with van der Waals surface area (Å²) in [6.07, 6.45) is 5.34. The molecular weight excluding hydrogens is 326 g/mol. The molecule has 0 radical (unpaired) electrons. The van der Waals surface area contributed by atoms with Crippen LogP contribution in [0.25, 0.3) is 0 Å². The van der Waals surface area contributed by atoms with Gasteiger partial charge in [0.1, 0.15) is 0 Å². The molecule has 5 N–H and O–H groups in total. The Bertz CT molecular complexity index is 818. The number of nitrogen functional groups attached to an aromatic ring is 2. The lowest BCUT2D eigenvalue weighted by Gasteiger charge is -2.24. The third-order valence-electron chi connectivity index (χ3n) is 4.18. The van der Waals surface area contributed by atoms with Gasteiger partial charge in [-0.15, -0.1) is 0 Å². The summed E-state index contributed by atoms with van der Waals surface area (Å²) in [6.45, 7) is 0. The van der Waals surface area contributed by atoms with Gasteiger partial charge in [-0.25, -0.2) is 8.42 Å².